The molecular weight excluding hydrogens is 234 g/mol. The minimum atomic E-state index is -0.717. The van der Waals surface area contributed by atoms with E-state index in [0.717, 1.165) is 23.5 Å². The fraction of sp³-hybridized carbons (Fsp3) is 0. The van der Waals surface area contributed by atoms with Crippen molar-refractivity contribution in [2.75, 3.05) is 0 Å². The van der Waals surface area contributed by atoms with Crippen LogP contribution < -0.4 is 5.73 Å². The topological polar surface area (TPSA) is 56.0 Å². The molecule has 2 rings (SSSR count). The number of thiazole rings is 1. The van der Waals surface area contributed by atoms with Gasteiger partial charge in [0.2, 0.25) is 0 Å². The van der Waals surface area contributed by atoms with Crippen LogP contribution in [0.1, 0.15) is 9.67 Å². The fourth-order valence-corrected chi connectivity index (χ4v) is 1.97. The number of primary amides is 1. The Morgan fingerprint density at radius 1 is 1.38 bits per heavy atom. The maximum Gasteiger partial charge on any atom is 0.260 e. The fourth-order valence-electron chi connectivity index (χ4n) is 1.18. The first-order valence-electron chi connectivity index (χ1n) is 4.29. The number of hydrogen-bond donors (Lipinski definition) is 1. The molecule has 3 nitrogen and oxygen atoms in total. The molecule has 0 radical (unpaired) electrons. The van der Waals surface area contributed by atoms with Gasteiger partial charge in [-0.1, -0.05) is 0 Å². The summed E-state index contributed by atoms with van der Waals surface area (Å²) in [6.07, 6.45) is 1.27. The molecule has 0 bridgehead atoms. The van der Waals surface area contributed by atoms with Crippen molar-refractivity contribution >= 4 is 17.2 Å². The number of halogens is 2. The van der Waals surface area contributed by atoms with Crippen molar-refractivity contribution in [3.63, 3.8) is 0 Å². The molecule has 2 N–H and O–H groups in total. The molecule has 0 aliphatic carbocycles. The van der Waals surface area contributed by atoms with E-state index in [1.54, 1.807) is 0 Å². The number of rotatable bonds is 2. The van der Waals surface area contributed by atoms with Crippen LogP contribution in [0.3, 0.4) is 0 Å². The van der Waals surface area contributed by atoms with Crippen LogP contribution in [0.5, 0.6) is 0 Å². The van der Waals surface area contributed by atoms with Crippen LogP contribution in [-0.2, 0) is 0 Å². The van der Waals surface area contributed by atoms with Gasteiger partial charge in [-0.3, -0.25) is 4.79 Å². The van der Waals surface area contributed by atoms with Gasteiger partial charge in [0, 0.05) is 11.6 Å². The minimum absolute atomic E-state index is 0.152. The number of aromatic nitrogens is 1. The second kappa shape index (κ2) is 3.97. The van der Waals surface area contributed by atoms with Crippen molar-refractivity contribution in [1.29, 1.82) is 0 Å². The second-order valence-corrected chi connectivity index (χ2v) is 4.05. The van der Waals surface area contributed by atoms with E-state index in [1.807, 2.05) is 0 Å². The maximum absolute atomic E-state index is 13.4. The first-order valence-corrected chi connectivity index (χ1v) is 5.10. The van der Waals surface area contributed by atoms with Gasteiger partial charge in [0.05, 0.1) is 6.20 Å². The standard InChI is InChI=1S/C10H6F2N2OS/c11-5-1-2-6(7(12)3-5)10-14-4-8(16-10)9(13)15/h1-4H,(H2,13,15). The first-order chi connectivity index (χ1) is 7.58. The highest BCUT2D eigenvalue weighted by atomic mass is 32.1. The van der Waals surface area contributed by atoms with Gasteiger partial charge in [0.25, 0.3) is 5.91 Å². The van der Waals surface area contributed by atoms with Crippen molar-refractivity contribution in [3.8, 4) is 10.6 Å². The Morgan fingerprint density at radius 3 is 2.69 bits per heavy atom. The van der Waals surface area contributed by atoms with Gasteiger partial charge in [0.15, 0.2) is 0 Å². The lowest BCUT2D eigenvalue weighted by Crippen LogP contribution is -2.08. The SMILES string of the molecule is NC(=O)c1cnc(-c2ccc(F)cc2F)s1. The van der Waals surface area contributed by atoms with Gasteiger partial charge in [0.1, 0.15) is 21.5 Å². The van der Waals surface area contributed by atoms with Crippen LogP contribution in [-0.4, -0.2) is 10.9 Å². The zero-order valence-electron chi connectivity index (χ0n) is 7.91. The van der Waals surface area contributed by atoms with Gasteiger partial charge in [-0.05, 0) is 12.1 Å². The van der Waals surface area contributed by atoms with E-state index in [0.29, 0.717) is 5.01 Å². The molecular formula is C10H6F2N2OS. The summed E-state index contributed by atoms with van der Waals surface area (Å²) in [5.74, 6) is -2.00. The van der Waals surface area contributed by atoms with Crippen LogP contribution in [0, 0.1) is 11.6 Å². The third-order valence-corrected chi connectivity index (χ3v) is 2.96. The van der Waals surface area contributed by atoms with Crippen LogP contribution >= 0.6 is 11.3 Å². The number of hydrogen-bond acceptors (Lipinski definition) is 3. The summed E-state index contributed by atoms with van der Waals surface area (Å²) in [6.45, 7) is 0. The zero-order valence-corrected chi connectivity index (χ0v) is 8.72. The van der Waals surface area contributed by atoms with E-state index in [2.05, 4.69) is 4.98 Å². The number of carbonyl (C=O) groups is 1. The van der Waals surface area contributed by atoms with E-state index in [1.165, 1.54) is 12.3 Å². The van der Waals surface area contributed by atoms with E-state index >= 15 is 0 Å². The highest BCUT2D eigenvalue weighted by Gasteiger charge is 2.12. The molecule has 0 spiro atoms. The van der Waals surface area contributed by atoms with E-state index in [9.17, 15) is 13.6 Å². The minimum Gasteiger partial charge on any atom is -0.365 e. The Hall–Kier alpha value is -1.82. The predicted octanol–water partition coefficient (Wildman–Crippen LogP) is 2.19. The molecule has 1 amide bonds. The quantitative estimate of drug-likeness (QED) is 0.874. The largest absolute Gasteiger partial charge is 0.365 e. The van der Waals surface area contributed by atoms with E-state index in [4.69, 9.17) is 5.73 Å². The van der Waals surface area contributed by atoms with Gasteiger partial charge in [-0.2, -0.15) is 0 Å². The highest BCUT2D eigenvalue weighted by Crippen LogP contribution is 2.27. The number of benzene rings is 1. The average molecular weight is 240 g/mol. The Labute approximate surface area is 93.5 Å². The normalized spacial score (nSPS) is 10.4. The third kappa shape index (κ3) is 1.92. The van der Waals surface area contributed by atoms with Crippen molar-refractivity contribution in [2.45, 2.75) is 0 Å². The van der Waals surface area contributed by atoms with Crippen LogP contribution in [0.2, 0.25) is 0 Å². The molecule has 6 heteroatoms. The molecule has 1 aromatic heterocycles. The van der Waals surface area contributed by atoms with Crippen LogP contribution in [0.4, 0.5) is 8.78 Å². The first kappa shape index (κ1) is 10.7. The monoisotopic (exact) mass is 240 g/mol. The summed E-state index contributed by atoms with van der Waals surface area (Å²) in [5, 5.41) is 0.298. The molecule has 1 aromatic carbocycles. The summed E-state index contributed by atoms with van der Waals surface area (Å²) < 4.78 is 26.0. The Kier molecular flexibility index (Phi) is 2.66. The molecule has 0 aliphatic rings. The molecule has 0 atom stereocenters. The van der Waals surface area contributed by atoms with Crippen molar-refractivity contribution in [2.24, 2.45) is 5.73 Å². The smallest absolute Gasteiger partial charge is 0.260 e. The summed E-state index contributed by atoms with van der Waals surface area (Å²) in [7, 11) is 0. The Bertz CT molecular complexity index is 554. The van der Waals surface area contributed by atoms with Crippen LogP contribution in [0.25, 0.3) is 10.6 Å². The Balaban J connectivity index is 2.46. The highest BCUT2D eigenvalue weighted by molar-refractivity contribution is 7.16. The number of nitrogens with two attached hydrogens (primary N) is 1. The van der Waals surface area contributed by atoms with Gasteiger partial charge >= 0.3 is 0 Å². The number of carbonyl (C=O) groups excluding carboxylic acids is 1. The molecule has 0 saturated carbocycles. The van der Waals surface area contributed by atoms with Crippen molar-refractivity contribution < 1.29 is 13.6 Å². The molecule has 2 aromatic rings. The molecule has 0 aliphatic heterocycles. The lowest BCUT2D eigenvalue weighted by Gasteiger charge is -1.97. The molecule has 82 valence electrons. The molecule has 1 heterocycles. The summed E-state index contributed by atoms with van der Waals surface area (Å²) in [6, 6.07) is 3.17. The second-order valence-electron chi connectivity index (χ2n) is 3.02. The van der Waals surface area contributed by atoms with Gasteiger partial charge in [-0.15, -0.1) is 11.3 Å². The average Bonchev–Trinajstić information content (AvgIpc) is 2.66. The van der Waals surface area contributed by atoms with Gasteiger partial charge in [-0.25, -0.2) is 13.8 Å². The third-order valence-electron chi connectivity index (χ3n) is 1.91. The lowest BCUT2D eigenvalue weighted by atomic mass is 10.2. The van der Waals surface area contributed by atoms with Crippen molar-refractivity contribution in [3.05, 3.63) is 40.9 Å². The molecule has 0 saturated heterocycles. The van der Waals surface area contributed by atoms with E-state index < -0.39 is 17.5 Å². The molecule has 16 heavy (non-hydrogen) atoms. The Morgan fingerprint density at radius 2 is 2.12 bits per heavy atom. The summed E-state index contributed by atoms with van der Waals surface area (Å²) >= 11 is 0.966. The zero-order chi connectivity index (χ0) is 11.7. The maximum atomic E-state index is 13.4. The molecule has 0 unspecified atom stereocenters. The lowest BCUT2D eigenvalue weighted by molar-refractivity contribution is 0.100. The van der Waals surface area contributed by atoms with Crippen molar-refractivity contribution in [1.82, 2.24) is 4.98 Å². The molecule has 0 fully saturated rings. The summed E-state index contributed by atoms with van der Waals surface area (Å²) in [5.41, 5.74) is 5.20. The predicted molar refractivity (Wildman–Crippen MR) is 56.0 cm³/mol. The number of amides is 1. The number of nitrogens with zero attached hydrogens (tertiary/aromatic N) is 1. The van der Waals surface area contributed by atoms with E-state index in [-0.39, 0.29) is 10.4 Å². The summed E-state index contributed by atoms with van der Waals surface area (Å²) in [4.78, 5) is 14.9. The van der Waals surface area contributed by atoms with Crippen LogP contribution in [0.15, 0.2) is 24.4 Å². The van der Waals surface area contributed by atoms with Gasteiger partial charge < -0.3 is 5.73 Å².